The lowest BCUT2D eigenvalue weighted by Gasteiger charge is -2.06. The van der Waals surface area contributed by atoms with Crippen molar-refractivity contribution < 1.29 is 4.79 Å². The molecule has 0 aromatic heterocycles. The first-order chi connectivity index (χ1) is 7.86. The van der Waals surface area contributed by atoms with Crippen molar-refractivity contribution in [3.05, 3.63) is 35.9 Å². The van der Waals surface area contributed by atoms with Crippen LogP contribution in [0.3, 0.4) is 0 Å². The van der Waals surface area contributed by atoms with Gasteiger partial charge in [0.1, 0.15) is 0 Å². The highest BCUT2D eigenvalue weighted by atomic mass is 16.1. The van der Waals surface area contributed by atoms with Crippen LogP contribution in [0.15, 0.2) is 30.3 Å². The fraction of sp³-hybridized carbons (Fsp3) is 0.500. The lowest BCUT2D eigenvalue weighted by atomic mass is 10.2. The summed E-state index contributed by atoms with van der Waals surface area (Å²) < 4.78 is 0. The van der Waals surface area contributed by atoms with E-state index in [9.17, 15) is 4.79 Å². The van der Waals surface area contributed by atoms with E-state index >= 15 is 0 Å². The monoisotopic (exact) mass is 215 g/mol. The fourth-order valence-electron chi connectivity index (χ4n) is 2.86. The summed E-state index contributed by atoms with van der Waals surface area (Å²) in [5.74, 6) is 0.471. The molecule has 84 valence electrons. The summed E-state index contributed by atoms with van der Waals surface area (Å²) >= 11 is 0. The smallest absolute Gasteiger partial charge is 0.151 e. The van der Waals surface area contributed by atoms with Gasteiger partial charge in [-0.05, 0) is 18.4 Å². The first-order valence-electron chi connectivity index (χ1n) is 6.18. The van der Waals surface area contributed by atoms with Crippen LogP contribution in [0.1, 0.15) is 31.2 Å². The highest BCUT2D eigenvalue weighted by Crippen LogP contribution is 2.38. The summed E-state index contributed by atoms with van der Waals surface area (Å²) in [5, 5.41) is 0. The quantitative estimate of drug-likeness (QED) is 0.706. The number of fused-ring (bicyclic) bond motifs is 1. The SMILES string of the molecule is O=C1CCCCC2C1N2Cc1ccccc1. The largest absolute Gasteiger partial charge is 0.298 e. The summed E-state index contributed by atoms with van der Waals surface area (Å²) in [6, 6.07) is 11.3. The number of carbonyl (C=O) groups excluding carboxylic acids is 1. The number of nitrogens with zero attached hydrogens (tertiary/aromatic N) is 1. The molecule has 3 unspecified atom stereocenters. The van der Waals surface area contributed by atoms with Crippen molar-refractivity contribution in [1.82, 2.24) is 4.90 Å². The number of likely N-dealkylation sites (tertiary alicyclic amines) is 1. The molecule has 2 nitrogen and oxygen atoms in total. The second-order valence-electron chi connectivity index (χ2n) is 4.88. The van der Waals surface area contributed by atoms with Crippen molar-refractivity contribution in [2.45, 2.75) is 44.3 Å². The second kappa shape index (κ2) is 4.02. The van der Waals surface area contributed by atoms with Gasteiger partial charge >= 0.3 is 0 Å². The zero-order valence-corrected chi connectivity index (χ0v) is 9.43. The summed E-state index contributed by atoms with van der Waals surface area (Å²) in [7, 11) is 0. The van der Waals surface area contributed by atoms with E-state index in [1.165, 1.54) is 18.4 Å². The Bertz CT molecular complexity index is 387. The van der Waals surface area contributed by atoms with Gasteiger partial charge in [0.05, 0.1) is 6.04 Å². The van der Waals surface area contributed by atoms with Gasteiger partial charge in [-0.1, -0.05) is 36.8 Å². The molecule has 1 aliphatic carbocycles. The molecule has 2 heteroatoms. The number of Topliss-reactive ketones (excluding diaryl/α,β-unsaturated/α-hetero) is 1. The van der Waals surface area contributed by atoms with Gasteiger partial charge in [0.2, 0.25) is 0 Å². The molecule has 1 aromatic rings. The Morgan fingerprint density at radius 2 is 2.00 bits per heavy atom. The molecular formula is C14H17NO. The zero-order chi connectivity index (χ0) is 11.0. The molecule has 1 aromatic carbocycles. The number of carbonyl (C=O) groups is 1. The van der Waals surface area contributed by atoms with Gasteiger partial charge in [0.15, 0.2) is 5.78 Å². The van der Waals surface area contributed by atoms with Crippen molar-refractivity contribution >= 4 is 5.78 Å². The molecule has 1 aliphatic heterocycles. The second-order valence-corrected chi connectivity index (χ2v) is 4.88. The lowest BCUT2D eigenvalue weighted by Crippen LogP contribution is -2.12. The van der Waals surface area contributed by atoms with Crippen LogP contribution in [0.2, 0.25) is 0 Å². The fourth-order valence-corrected chi connectivity index (χ4v) is 2.86. The Morgan fingerprint density at radius 3 is 2.81 bits per heavy atom. The predicted octanol–water partition coefficient (Wildman–Crippen LogP) is 2.38. The van der Waals surface area contributed by atoms with E-state index in [-0.39, 0.29) is 6.04 Å². The third-order valence-corrected chi connectivity index (χ3v) is 3.77. The Kier molecular flexibility index (Phi) is 2.52. The van der Waals surface area contributed by atoms with Gasteiger partial charge in [0.25, 0.3) is 0 Å². The molecule has 2 fully saturated rings. The summed E-state index contributed by atoms with van der Waals surface area (Å²) in [6.07, 6.45) is 4.33. The molecule has 0 N–H and O–H groups in total. The van der Waals surface area contributed by atoms with Crippen molar-refractivity contribution in [3.63, 3.8) is 0 Å². The maximum absolute atomic E-state index is 11.8. The van der Waals surface area contributed by atoms with Crippen LogP contribution < -0.4 is 0 Å². The molecular weight excluding hydrogens is 198 g/mol. The van der Waals surface area contributed by atoms with E-state index < -0.39 is 0 Å². The van der Waals surface area contributed by atoms with E-state index in [4.69, 9.17) is 0 Å². The molecule has 1 saturated heterocycles. The molecule has 3 rings (SSSR count). The van der Waals surface area contributed by atoms with Crippen LogP contribution in [0.5, 0.6) is 0 Å². The van der Waals surface area contributed by atoms with Gasteiger partial charge in [0, 0.05) is 19.0 Å². The number of rotatable bonds is 2. The highest BCUT2D eigenvalue weighted by Gasteiger charge is 2.51. The van der Waals surface area contributed by atoms with Crippen molar-refractivity contribution in [2.75, 3.05) is 0 Å². The predicted molar refractivity (Wildman–Crippen MR) is 63.0 cm³/mol. The number of hydrogen-bond donors (Lipinski definition) is 0. The van der Waals surface area contributed by atoms with Gasteiger partial charge < -0.3 is 0 Å². The Labute approximate surface area is 96.3 Å². The molecule has 2 aliphatic rings. The molecule has 16 heavy (non-hydrogen) atoms. The maximum atomic E-state index is 11.8. The number of hydrogen-bond acceptors (Lipinski definition) is 2. The summed E-state index contributed by atoms with van der Waals surface area (Å²) in [4.78, 5) is 14.2. The van der Waals surface area contributed by atoms with E-state index in [1.807, 2.05) is 6.07 Å². The van der Waals surface area contributed by atoms with Crippen molar-refractivity contribution in [2.24, 2.45) is 0 Å². The number of ketones is 1. The van der Waals surface area contributed by atoms with Crippen molar-refractivity contribution in [1.29, 1.82) is 0 Å². The maximum Gasteiger partial charge on any atom is 0.151 e. The minimum Gasteiger partial charge on any atom is -0.298 e. The van der Waals surface area contributed by atoms with E-state index in [1.54, 1.807) is 0 Å². The average Bonchev–Trinajstić information content (AvgIpc) is 3.01. The summed E-state index contributed by atoms with van der Waals surface area (Å²) in [5.41, 5.74) is 1.32. The van der Waals surface area contributed by atoms with Crippen LogP contribution in [-0.4, -0.2) is 22.8 Å². The Balaban J connectivity index is 1.68. The van der Waals surface area contributed by atoms with Crippen LogP contribution in [0.4, 0.5) is 0 Å². The van der Waals surface area contributed by atoms with Gasteiger partial charge in [-0.3, -0.25) is 9.69 Å². The first-order valence-corrected chi connectivity index (χ1v) is 6.18. The normalized spacial score (nSPS) is 33.0. The highest BCUT2D eigenvalue weighted by molar-refractivity contribution is 5.88. The minimum atomic E-state index is 0.253. The molecule has 1 heterocycles. The van der Waals surface area contributed by atoms with Crippen LogP contribution >= 0.6 is 0 Å². The first kappa shape index (κ1) is 10.0. The standard InChI is InChI=1S/C14H17NO/c16-13-9-5-4-8-12-14(13)15(12)10-11-6-2-1-3-7-11/h1-3,6-7,12,14H,4-5,8-10H2. The van der Waals surface area contributed by atoms with Crippen molar-refractivity contribution in [3.8, 4) is 0 Å². The zero-order valence-electron chi connectivity index (χ0n) is 9.43. The van der Waals surface area contributed by atoms with Crippen LogP contribution in [-0.2, 0) is 11.3 Å². The topological polar surface area (TPSA) is 20.1 Å². The Hall–Kier alpha value is -1.15. The Morgan fingerprint density at radius 1 is 1.19 bits per heavy atom. The average molecular weight is 215 g/mol. The third kappa shape index (κ3) is 1.78. The van der Waals surface area contributed by atoms with E-state index in [2.05, 4.69) is 29.2 Å². The lowest BCUT2D eigenvalue weighted by molar-refractivity contribution is -0.119. The summed E-state index contributed by atoms with van der Waals surface area (Å²) in [6.45, 7) is 0.946. The van der Waals surface area contributed by atoms with Crippen LogP contribution in [0, 0.1) is 0 Å². The molecule has 0 bridgehead atoms. The molecule has 0 spiro atoms. The molecule has 1 saturated carbocycles. The van der Waals surface area contributed by atoms with Gasteiger partial charge in [-0.25, -0.2) is 0 Å². The molecule has 0 radical (unpaired) electrons. The molecule has 0 amide bonds. The van der Waals surface area contributed by atoms with Gasteiger partial charge in [-0.15, -0.1) is 0 Å². The number of benzene rings is 1. The minimum absolute atomic E-state index is 0.253. The molecule has 3 atom stereocenters. The van der Waals surface area contributed by atoms with Gasteiger partial charge in [-0.2, -0.15) is 0 Å². The third-order valence-electron chi connectivity index (χ3n) is 3.77. The van der Waals surface area contributed by atoms with E-state index in [0.29, 0.717) is 11.8 Å². The van der Waals surface area contributed by atoms with E-state index in [0.717, 1.165) is 19.4 Å². The van der Waals surface area contributed by atoms with Crippen LogP contribution in [0.25, 0.3) is 0 Å².